The third-order valence-electron chi connectivity index (χ3n) is 4.14. The van der Waals surface area contributed by atoms with Gasteiger partial charge in [-0.05, 0) is 29.1 Å². The topological polar surface area (TPSA) is 29.0 Å². The number of benzene rings is 1. The fourth-order valence-corrected chi connectivity index (χ4v) is 3.92. The van der Waals surface area contributed by atoms with Gasteiger partial charge in [-0.3, -0.25) is 4.90 Å². The van der Waals surface area contributed by atoms with Crippen LogP contribution in [0.25, 0.3) is 10.7 Å². The van der Waals surface area contributed by atoms with E-state index in [1.54, 1.807) is 11.3 Å². The quantitative estimate of drug-likeness (QED) is 0.639. The molecule has 0 amide bonds. The maximum Gasteiger partial charge on any atom is 0.169 e. The number of hydrogen-bond donors (Lipinski definition) is 0. The highest BCUT2D eigenvalue weighted by atomic mass is 35.5. The van der Waals surface area contributed by atoms with Crippen molar-refractivity contribution in [2.24, 2.45) is 0 Å². The van der Waals surface area contributed by atoms with E-state index >= 15 is 0 Å². The van der Waals surface area contributed by atoms with E-state index in [0.717, 1.165) is 36.8 Å². The van der Waals surface area contributed by atoms with E-state index in [1.807, 2.05) is 30.5 Å². The van der Waals surface area contributed by atoms with Gasteiger partial charge in [0.25, 0.3) is 0 Å². The monoisotopic (exact) mass is 375 g/mol. The molecule has 1 aromatic carbocycles. The minimum absolute atomic E-state index is 0.596. The highest BCUT2D eigenvalue weighted by Crippen LogP contribution is 2.26. The predicted octanol–water partition coefficient (Wildman–Crippen LogP) is 5.07. The molecule has 3 nitrogen and oxygen atoms in total. The van der Waals surface area contributed by atoms with Crippen molar-refractivity contribution < 1.29 is 0 Å². The minimum Gasteiger partial charge on any atom is -0.294 e. The van der Waals surface area contributed by atoms with E-state index in [1.165, 1.54) is 16.8 Å². The second kappa shape index (κ2) is 6.81. The highest BCUT2D eigenvalue weighted by molar-refractivity contribution is 7.13. The Bertz CT molecular complexity index is 865. The summed E-state index contributed by atoms with van der Waals surface area (Å²) < 4.78 is 0. The van der Waals surface area contributed by atoms with Crippen LogP contribution in [0.1, 0.15) is 16.8 Å². The standard InChI is InChI=1S/C18H15Cl2N3S/c19-14-4-3-12(8-15(14)20)10-23-6-5-16-13(11-23)9-21-18(22-16)17-2-1-7-24-17/h1-4,7-9H,5-6,10-11H2. The lowest BCUT2D eigenvalue weighted by Gasteiger charge is -2.28. The molecule has 122 valence electrons. The molecule has 6 heteroatoms. The van der Waals surface area contributed by atoms with Crippen LogP contribution in [0.2, 0.25) is 10.0 Å². The zero-order valence-electron chi connectivity index (χ0n) is 12.9. The molecule has 0 bridgehead atoms. The maximum atomic E-state index is 6.11. The molecule has 0 aliphatic carbocycles. The van der Waals surface area contributed by atoms with Crippen molar-refractivity contribution in [3.8, 4) is 10.7 Å². The first-order valence-corrected chi connectivity index (χ1v) is 9.37. The van der Waals surface area contributed by atoms with Gasteiger partial charge in [0, 0.05) is 37.8 Å². The normalized spacial score (nSPS) is 14.6. The molecule has 0 unspecified atom stereocenters. The third-order valence-corrected chi connectivity index (χ3v) is 5.75. The summed E-state index contributed by atoms with van der Waals surface area (Å²) in [6, 6.07) is 9.91. The Kier molecular flexibility index (Phi) is 4.55. The van der Waals surface area contributed by atoms with Crippen LogP contribution in [0.3, 0.4) is 0 Å². The summed E-state index contributed by atoms with van der Waals surface area (Å²) in [6.07, 6.45) is 2.91. The number of aromatic nitrogens is 2. The predicted molar refractivity (Wildman–Crippen MR) is 99.6 cm³/mol. The van der Waals surface area contributed by atoms with Gasteiger partial charge in [0.1, 0.15) is 0 Å². The van der Waals surface area contributed by atoms with Crippen molar-refractivity contribution in [2.45, 2.75) is 19.5 Å². The number of rotatable bonds is 3. The van der Waals surface area contributed by atoms with E-state index in [4.69, 9.17) is 28.2 Å². The molecular formula is C18H15Cl2N3S. The van der Waals surface area contributed by atoms with E-state index in [0.29, 0.717) is 10.0 Å². The maximum absolute atomic E-state index is 6.11. The van der Waals surface area contributed by atoms with Crippen molar-refractivity contribution in [3.63, 3.8) is 0 Å². The zero-order chi connectivity index (χ0) is 16.5. The first-order chi connectivity index (χ1) is 11.7. The molecule has 3 aromatic rings. The zero-order valence-corrected chi connectivity index (χ0v) is 15.2. The van der Waals surface area contributed by atoms with Gasteiger partial charge in [-0.1, -0.05) is 35.3 Å². The molecule has 1 aliphatic heterocycles. The van der Waals surface area contributed by atoms with E-state index < -0.39 is 0 Å². The summed E-state index contributed by atoms with van der Waals surface area (Å²) >= 11 is 13.8. The lowest BCUT2D eigenvalue weighted by molar-refractivity contribution is 0.243. The second-order valence-corrected chi connectivity index (χ2v) is 7.61. The average molecular weight is 376 g/mol. The summed E-state index contributed by atoms with van der Waals surface area (Å²) in [5.41, 5.74) is 3.55. The van der Waals surface area contributed by atoms with Gasteiger partial charge >= 0.3 is 0 Å². The van der Waals surface area contributed by atoms with E-state index in [9.17, 15) is 0 Å². The number of halogens is 2. The van der Waals surface area contributed by atoms with Crippen molar-refractivity contribution >= 4 is 34.5 Å². The number of thiophene rings is 1. The number of fused-ring (bicyclic) bond motifs is 1. The molecule has 1 aliphatic rings. The first-order valence-electron chi connectivity index (χ1n) is 7.74. The van der Waals surface area contributed by atoms with Crippen molar-refractivity contribution in [2.75, 3.05) is 6.54 Å². The molecule has 4 rings (SSSR count). The molecule has 0 radical (unpaired) electrons. The van der Waals surface area contributed by atoms with Crippen molar-refractivity contribution in [1.82, 2.24) is 14.9 Å². The Morgan fingerprint density at radius 1 is 1.17 bits per heavy atom. The van der Waals surface area contributed by atoms with Crippen molar-refractivity contribution in [1.29, 1.82) is 0 Å². The van der Waals surface area contributed by atoms with E-state index in [-0.39, 0.29) is 0 Å². The Labute approximate surface area is 154 Å². The molecule has 0 saturated carbocycles. The van der Waals surface area contributed by atoms with E-state index in [2.05, 4.69) is 21.3 Å². The summed E-state index contributed by atoms with van der Waals surface area (Å²) in [5, 5.41) is 3.26. The first kappa shape index (κ1) is 16.0. The fourth-order valence-electron chi connectivity index (χ4n) is 2.93. The van der Waals surface area contributed by atoms with Crippen LogP contribution in [-0.4, -0.2) is 21.4 Å². The summed E-state index contributed by atoms with van der Waals surface area (Å²) in [5.74, 6) is 0.835. The van der Waals surface area contributed by atoms with Crippen LogP contribution in [0.15, 0.2) is 41.9 Å². The molecule has 0 atom stereocenters. The second-order valence-electron chi connectivity index (χ2n) is 5.85. The van der Waals surface area contributed by atoms with Gasteiger partial charge < -0.3 is 0 Å². The largest absolute Gasteiger partial charge is 0.294 e. The van der Waals surface area contributed by atoms with Crippen LogP contribution in [0.5, 0.6) is 0 Å². The van der Waals surface area contributed by atoms with Gasteiger partial charge in [0.2, 0.25) is 0 Å². The van der Waals surface area contributed by atoms with Gasteiger partial charge in [-0.15, -0.1) is 11.3 Å². The molecule has 3 heterocycles. The smallest absolute Gasteiger partial charge is 0.169 e. The summed E-state index contributed by atoms with van der Waals surface area (Å²) in [4.78, 5) is 12.8. The Morgan fingerprint density at radius 2 is 2.08 bits per heavy atom. The van der Waals surface area contributed by atoms with Crippen molar-refractivity contribution in [3.05, 3.63) is 68.8 Å². The molecule has 0 spiro atoms. The average Bonchev–Trinajstić information content (AvgIpc) is 3.12. The Hall–Kier alpha value is -1.46. The van der Waals surface area contributed by atoms with Crippen LogP contribution >= 0.6 is 34.5 Å². The SMILES string of the molecule is Clc1ccc(CN2CCc3nc(-c4cccs4)ncc3C2)cc1Cl. The summed E-state index contributed by atoms with van der Waals surface area (Å²) in [7, 11) is 0. The highest BCUT2D eigenvalue weighted by Gasteiger charge is 2.19. The lowest BCUT2D eigenvalue weighted by atomic mass is 10.1. The molecule has 0 N–H and O–H groups in total. The van der Waals surface area contributed by atoms with Crippen LogP contribution in [-0.2, 0) is 19.5 Å². The molecule has 2 aromatic heterocycles. The van der Waals surface area contributed by atoms with Gasteiger partial charge in [-0.2, -0.15) is 0 Å². The molecule has 0 saturated heterocycles. The van der Waals surface area contributed by atoms with Gasteiger partial charge in [0.15, 0.2) is 5.82 Å². The number of hydrogen-bond acceptors (Lipinski definition) is 4. The Morgan fingerprint density at radius 3 is 2.88 bits per heavy atom. The summed E-state index contributed by atoms with van der Waals surface area (Å²) in [6.45, 7) is 2.69. The molecule has 0 fully saturated rings. The van der Waals surface area contributed by atoms with Gasteiger partial charge in [0.05, 0.1) is 20.6 Å². The number of nitrogens with zero attached hydrogens (tertiary/aromatic N) is 3. The van der Waals surface area contributed by atoms with Crippen LogP contribution in [0.4, 0.5) is 0 Å². The third kappa shape index (κ3) is 3.33. The van der Waals surface area contributed by atoms with Crippen LogP contribution < -0.4 is 0 Å². The molecular weight excluding hydrogens is 361 g/mol. The van der Waals surface area contributed by atoms with Crippen LogP contribution in [0, 0.1) is 0 Å². The minimum atomic E-state index is 0.596. The lowest BCUT2D eigenvalue weighted by Crippen LogP contribution is -2.30. The van der Waals surface area contributed by atoms with Gasteiger partial charge in [-0.25, -0.2) is 9.97 Å². The fraction of sp³-hybridized carbons (Fsp3) is 0.222. The molecule has 24 heavy (non-hydrogen) atoms. The Balaban J connectivity index is 1.50.